The second kappa shape index (κ2) is 6.66. The number of thiophene rings is 1. The van der Waals surface area contributed by atoms with Crippen LogP contribution in [0, 0.1) is 0 Å². The van der Waals surface area contributed by atoms with Gasteiger partial charge in [-0.1, -0.05) is 32.5 Å². The van der Waals surface area contributed by atoms with Crippen molar-refractivity contribution in [3.05, 3.63) is 34.3 Å². The van der Waals surface area contributed by atoms with E-state index in [0.29, 0.717) is 0 Å². The predicted molar refractivity (Wildman–Crippen MR) is 87.3 cm³/mol. The molecule has 0 amide bonds. The van der Waals surface area contributed by atoms with E-state index >= 15 is 0 Å². The van der Waals surface area contributed by atoms with Gasteiger partial charge in [-0.3, -0.25) is 4.79 Å². The molecule has 0 bridgehead atoms. The van der Waals surface area contributed by atoms with Gasteiger partial charge in [0.25, 0.3) is 0 Å². The summed E-state index contributed by atoms with van der Waals surface area (Å²) in [7, 11) is 0. The molecule has 0 saturated heterocycles. The number of thioether (sulfide) groups is 1. The number of aliphatic carboxylic acids is 1. The molecule has 0 aromatic carbocycles. The molecule has 2 aromatic heterocycles. The minimum atomic E-state index is -0.815. The number of carboxylic acids is 1. The van der Waals surface area contributed by atoms with E-state index in [9.17, 15) is 4.79 Å². The number of aromatic nitrogens is 2. The Labute approximate surface area is 133 Å². The van der Waals surface area contributed by atoms with Crippen molar-refractivity contribution >= 4 is 29.1 Å². The Balaban J connectivity index is 2.20. The van der Waals surface area contributed by atoms with Crippen LogP contribution >= 0.6 is 23.1 Å². The topological polar surface area (TPSA) is 55.1 Å². The zero-order chi connectivity index (χ0) is 15.5. The van der Waals surface area contributed by atoms with Crippen LogP contribution in [0.15, 0.2) is 28.2 Å². The third-order valence-corrected chi connectivity index (χ3v) is 4.82. The molecule has 0 radical (unpaired) electrons. The molecular formula is C15H20N2O2S2. The number of carbonyl (C=O) groups is 1. The van der Waals surface area contributed by atoms with E-state index in [0.717, 1.165) is 23.8 Å². The highest BCUT2D eigenvalue weighted by Crippen LogP contribution is 2.28. The van der Waals surface area contributed by atoms with Crippen molar-refractivity contribution in [2.45, 2.75) is 44.3 Å². The lowest BCUT2D eigenvalue weighted by atomic mass is 9.92. The molecule has 0 atom stereocenters. The predicted octanol–water partition coefficient (Wildman–Crippen LogP) is 3.66. The smallest absolute Gasteiger partial charge is 0.313 e. The number of carboxylic acid groups (broad SMARTS) is 1. The highest BCUT2D eigenvalue weighted by Gasteiger charge is 2.22. The molecule has 4 nitrogen and oxygen atoms in total. The molecule has 0 unspecified atom stereocenters. The summed E-state index contributed by atoms with van der Waals surface area (Å²) in [5.41, 5.74) is 2.44. The summed E-state index contributed by atoms with van der Waals surface area (Å²) in [5, 5.41) is 13.9. The van der Waals surface area contributed by atoms with E-state index in [4.69, 9.17) is 5.11 Å². The van der Waals surface area contributed by atoms with Crippen molar-refractivity contribution in [2.24, 2.45) is 0 Å². The molecule has 2 heterocycles. The lowest BCUT2D eigenvalue weighted by molar-refractivity contribution is -0.133. The van der Waals surface area contributed by atoms with Gasteiger partial charge in [0.2, 0.25) is 0 Å². The van der Waals surface area contributed by atoms with E-state index in [1.54, 1.807) is 11.3 Å². The van der Waals surface area contributed by atoms with Crippen LogP contribution in [0.4, 0.5) is 0 Å². The van der Waals surface area contributed by atoms with Gasteiger partial charge >= 0.3 is 5.97 Å². The minimum Gasteiger partial charge on any atom is -0.481 e. The van der Waals surface area contributed by atoms with Crippen LogP contribution in [0.25, 0.3) is 0 Å². The van der Waals surface area contributed by atoms with Gasteiger partial charge in [0, 0.05) is 23.9 Å². The maximum absolute atomic E-state index is 10.8. The van der Waals surface area contributed by atoms with Crippen molar-refractivity contribution < 1.29 is 9.90 Å². The quantitative estimate of drug-likeness (QED) is 0.824. The van der Waals surface area contributed by atoms with Gasteiger partial charge in [-0.2, -0.15) is 11.3 Å². The lowest BCUT2D eigenvalue weighted by Crippen LogP contribution is -2.19. The molecule has 2 rings (SSSR count). The SMILES string of the molecule is CC(C)(C)c1cnc(SCC(=O)O)n1CCc1ccsc1. The van der Waals surface area contributed by atoms with Crippen LogP contribution in [0.1, 0.15) is 32.0 Å². The maximum atomic E-state index is 10.8. The molecule has 2 aromatic rings. The summed E-state index contributed by atoms with van der Waals surface area (Å²) in [6, 6.07) is 2.13. The maximum Gasteiger partial charge on any atom is 0.313 e. The molecule has 0 saturated carbocycles. The summed E-state index contributed by atoms with van der Waals surface area (Å²) in [5.74, 6) is -0.774. The Bertz CT molecular complexity index is 598. The Morgan fingerprint density at radius 2 is 2.24 bits per heavy atom. The summed E-state index contributed by atoms with van der Waals surface area (Å²) < 4.78 is 2.16. The minimum absolute atomic E-state index is 0.0102. The summed E-state index contributed by atoms with van der Waals surface area (Å²) >= 11 is 2.98. The highest BCUT2D eigenvalue weighted by atomic mass is 32.2. The lowest BCUT2D eigenvalue weighted by Gasteiger charge is -2.21. The van der Waals surface area contributed by atoms with Crippen molar-refractivity contribution in [1.82, 2.24) is 9.55 Å². The van der Waals surface area contributed by atoms with E-state index in [1.165, 1.54) is 17.3 Å². The first kappa shape index (κ1) is 16.1. The van der Waals surface area contributed by atoms with Crippen molar-refractivity contribution in [1.29, 1.82) is 0 Å². The molecular weight excluding hydrogens is 304 g/mol. The van der Waals surface area contributed by atoms with Crippen molar-refractivity contribution in [3.63, 3.8) is 0 Å². The normalized spacial score (nSPS) is 11.8. The fourth-order valence-electron chi connectivity index (χ4n) is 2.09. The van der Waals surface area contributed by atoms with Crippen LogP contribution in [0.3, 0.4) is 0 Å². The van der Waals surface area contributed by atoms with Gasteiger partial charge in [0.15, 0.2) is 5.16 Å². The average Bonchev–Trinajstić information content (AvgIpc) is 3.02. The molecule has 0 fully saturated rings. The fourth-order valence-corrected chi connectivity index (χ4v) is 3.52. The second-order valence-corrected chi connectivity index (χ2v) is 7.61. The van der Waals surface area contributed by atoms with Gasteiger partial charge in [-0.15, -0.1) is 0 Å². The summed E-state index contributed by atoms with van der Waals surface area (Å²) in [6.45, 7) is 7.27. The van der Waals surface area contributed by atoms with Gasteiger partial charge in [-0.05, 0) is 28.8 Å². The highest BCUT2D eigenvalue weighted by molar-refractivity contribution is 7.99. The molecule has 0 aliphatic rings. The fraction of sp³-hybridized carbons (Fsp3) is 0.467. The van der Waals surface area contributed by atoms with E-state index in [2.05, 4.69) is 47.1 Å². The number of imidazole rings is 1. The van der Waals surface area contributed by atoms with E-state index in [-0.39, 0.29) is 11.2 Å². The summed E-state index contributed by atoms with van der Waals surface area (Å²) in [4.78, 5) is 15.2. The monoisotopic (exact) mass is 324 g/mol. The van der Waals surface area contributed by atoms with Gasteiger partial charge in [0.05, 0.1) is 5.75 Å². The molecule has 21 heavy (non-hydrogen) atoms. The zero-order valence-corrected chi connectivity index (χ0v) is 14.1. The molecule has 0 aliphatic heterocycles. The number of nitrogens with zero attached hydrogens (tertiary/aromatic N) is 2. The van der Waals surface area contributed by atoms with E-state index in [1.807, 2.05) is 6.20 Å². The average molecular weight is 324 g/mol. The third-order valence-electron chi connectivity index (χ3n) is 3.12. The van der Waals surface area contributed by atoms with Crippen LogP contribution in [-0.2, 0) is 23.2 Å². The first-order valence-electron chi connectivity index (χ1n) is 6.79. The molecule has 114 valence electrons. The number of hydrogen-bond donors (Lipinski definition) is 1. The number of hydrogen-bond acceptors (Lipinski definition) is 4. The van der Waals surface area contributed by atoms with Gasteiger partial charge in [-0.25, -0.2) is 4.98 Å². The third kappa shape index (κ3) is 4.35. The Hall–Kier alpha value is -1.27. The Morgan fingerprint density at radius 3 is 2.81 bits per heavy atom. The first-order valence-corrected chi connectivity index (χ1v) is 8.72. The Kier molecular flexibility index (Phi) is 5.11. The molecule has 0 aliphatic carbocycles. The van der Waals surface area contributed by atoms with Gasteiger partial charge in [0.1, 0.15) is 0 Å². The van der Waals surface area contributed by atoms with Crippen molar-refractivity contribution in [3.8, 4) is 0 Å². The molecule has 0 spiro atoms. The first-order chi connectivity index (χ1) is 9.88. The van der Waals surface area contributed by atoms with Crippen LogP contribution in [0.5, 0.6) is 0 Å². The van der Waals surface area contributed by atoms with Crippen LogP contribution < -0.4 is 0 Å². The number of rotatable bonds is 6. The van der Waals surface area contributed by atoms with Crippen LogP contribution in [0.2, 0.25) is 0 Å². The Morgan fingerprint density at radius 1 is 1.48 bits per heavy atom. The van der Waals surface area contributed by atoms with E-state index < -0.39 is 5.97 Å². The number of aryl methyl sites for hydroxylation is 1. The van der Waals surface area contributed by atoms with Gasteiger partial charge < -0.3 is 9.67 Å². The van der Waals surface area contributed by atoms with Crippen molar-refractivity contribution in [2.75, 3.05) is 5.75 Å². The van der Waals surface area contributed by atoms with Crippen LogP contribution in [-0.4, -0.2) is 26.4 Å². The zero-order valence-electron chi connectivity index (χ0n) is 12.5. The second-order valence-electron chi connectivity index (χ2n) is 5.89. The largest absolute Gasteiger partial charge is 0.481 e. The summed E-state index contributed by atoms with van der Waals surface area (Å²) in [6.07, 6.45) is 2.81. The molecule has 6 heteroatoms. The standard InChI is InChI=1S/C15H20N2O2S2/c1-15(2,3)12-8-16-14(21-10-13(18)19)17(12)6-4-11-5-7-20-9-11/h5,7-9H,4,6,10H2,1-3H3,(H,18,19). The molecule has 1 N–H and O–H groups in total.